The zero-order valence-corrected chi connectivity index (χ0v) is 23.5. The molecule has 0 amide bonds. The molecule has 1 saturated carbocycles. The smallest absolute Gasteiger partial charge is 0.203 e. The van der Waals surface area contributed by atoms with Gasteiger partial charge in [-0.3, -0.25) is 0 Å². The van der Waals surface area contributed by atoms with Gasteiger partial charge in [0.2, 0.25) is 5.75 Å². The third-order valence-corrected chi connectivity index (χ3v) is 7.45. The molecule has 0 heterocycles. The van der Waals surface area contributed by atoms with Crippen LogP contribution >= 0.6 is 0 Å². The molecule has 0 saturated heterocycles. The number of hydrogen-bond donors (Lipinski definition) is 1. The largest absolute Gasteiger partial charge is 0.504 e. The van der Waals surface area contributed by atoms with E-state index in [2.05, 4.69) is 27.4 Å². The molecule has 2 aromatic carbocycles. The Morgan fingerprint density at radius 3 is 2.19 bits per heavy atom. The normalized spacial score (nSPS) is 21.2. The highest BCUT2D eigenvalue weighted by molar-refractivity contribution is 5.54. The van der Waals surface area contributed by atoms with Crippen LogP contribution in [0.25, 0.3) is 0 Å². The highest BCUT2D eigenvalue weighted by atomic mass is 16.6. The van der Waals surface area contributed by atoms with Crippen molar-refractivity contribution in [3.63, 3.8) is 0 Å². The molecular formula is C31H44O6. The maximum absolute atomic E-state index is 10.2. The fourth-order valence-corrected chi connectivity index (χ4v) is 5.37. The van der Waals surface area contributed by atoms with Crippen LogP contribution in [-0.4, -0.2) is 38.6 Å². The Morgan fingerprint density at radius 1 is 0.973 bits per heavy atom. The van der Waals surface area contributed by atoms with Crippen LogP contribution in [-0.2, 0) is 11.2 Å². The Balaban J connectivity index is 2.01. The molecule has 204 valence electrons. The van der Waals surface area contributed by atoms with E-state index >= 15 is 0 Å². The molecule has 3 rings (SSSR count). The molecule has 6 nitrogen and oxygen atoms in total. The second kappa shape index (κ2) is 13.1. The lowest BCUT2D eigenvalue weighted by molar-refractivity contribution is -0.114. The molecular weight excluding hydrogens is 468 g/mol. The first-order valence-electron chi connectivity index (χ1n) is 13.3. The fourth-order valence-electron chi connectivity index (χ4n) is 5.37. The number of hydrogen-bond acceptors (Lipinski definition) is 6. The van der Waals surface area contributed by atoms with Crippen LogP contribution in [0, 0.1) is 17.8 Å². The van der Waals surface area contributed by atoms with Gasteiger partial charge in [-0.2, -0.15) is 0 Å². The molecule has 37 heavy (non-hydrogen) atoms. The third-order valence-electron chi connectivity index (χ3n) is 7.45. The van der Waals surface area contributed by atoms with Crippen molar-refractivity contribution in [1.29, 1.82) is 0 Å². The summed E-state index contributed by atoms with van der Waals surface area (Å²) in [4.78, 5) is 0. The van der Waals surface area contributed by atoms with E-state index in [1.54, 1.807) is 27.4 Å². The van der Waals surface area contributed by atoms with Crippen LogP contribution in [0.2, 0.25) is 0 Å². The van der Waals surface area contributed by atoms with E-state index in [0.717, 1.165) is 24.0 Å². The Bertz CT molecular complexity index is 1010. The van der Waals surface area contributed by atoms with E-state index in [1.165, 1.54) is 6.42 Å². The second-order valence-electron chi connectivity index (χ2n) is 10.5. The van der Waals surface area contributed by atoms with Crippen molar-refractivity contribution in [2.75, 3.05) is 21.3 Å². The molecule has 0 spiro atoms. The summed E-state index contributed by atoms with van der Waals surface area (Å²) in [5.41, 5.74) is 1.90. The topological polar surface area (TPSA) is 66.4 Å². The Labute approximate surface area is 222 Å². The van der Waals surface area contributed by atoms with Crippen molar-refractivity contribution < 1.29 is 28.8 Å². The summed E-state index contributed by atoms with van der Waals surface area (Å²) in [6.07, 6.45) is 5.20. The van der Waals surface area contributed by atoms with Gasteiger partial charge in [0.1, 0.15) is 12.2 Å². The summed E-state index contributed by atoms with van der Waals surface area (Å²) in [7, 11) is 4.80. The quantitative estimate of drug-likeness (QED) is 0.305. The molecule has 5 unspecified atom stereocenters. The molecule has 5 atom stereocenters. The van der Waals surface area contributed by atoms with Crippen molar-refractivity contribution in [3.8, 4) is 28.7 Å². The van der Waals surface area contributed by atoms with Crippen LogP contribution in [0.3, 0.4) is 0 Å². The molecule has 6 heteroatoms. The lowest BCUT2D eigenvalue weighted by Crippen LogP contribution is -2.38. The van der Waals surface area contributed by atoms with Crippen molar-refractivity contribution in [2.45, 2.75) is 71.7 Å². The van der Waals surface area contributed by atoms with Gasteiger partial charge in [-0.05, 0) is 79.3 Å². The minimum atomic E-state index is -0.409. The molecule has 0 bridgehead atoms. The van der Waals surface area contributed by atoms with Crippen LogP contribution in [0.1, 0.15) is 64.2 Å². The van der Waals surface area contributed by atoms with Gasteiger partial charge < -0.3 is 28.8 Å². The number of benzene rings is 2. The van der Waals surface area contributed by atoms with Gasteiger partial charge in [0.05, 0.1) is 27.4 Å². The van der Waals surface area contributed by atoms with E-state index < -0.39 is 12.2 Å². The van der Waals surface area contributed by atoms with Gasteiger partial charge in [0.15, 0.2) is 23.0 Å². The zero-order valence-electron chi connectivity index (χ0n) is 23.5. The summed E-state index contributed by atoms with van der Waals surface area (Å²) in [5, 5.41) is 10.2. The number of phenolic OH excluding ortho intramolecular Hbond substituents is 1. The van der Waals surface area contributed by atoms with Crippen LogP contribution in [0.5, 0.6) is 28.7 Å². The molecule has 1 aliphatic carbocycles. The van der Waals surface area contributed by atoms with E-state index in [4.69, 9.17) is 23.7 Å². The second-order valence-corrected chi connectivity index (χ2v) is 10.5. The summed E-state index contributed by atoms with van der Waals surface area (Å²) in [5.74, 6) is 3.79. The molecule has 1 aliphatic rings. The summed E-state index contributed by atoms with van der Waals surface area (Å²) in [6.45, 7) is 12.7. The molecule has 0 aliphatic heterocycles. The van der Waals surface area contributed by atoms with Crippen molar-refractivity contribution in [2.24, 2.45) is 17.8 Å². The van der Waals surface area contributed by atoms with Gasteiger partial charge in [-0.15, -0.1) is 6.58 Å². The van der Waals surface area contributed by atoms with E-state index in [0.29, 0.717) is 47.2 Å². The van der Waals surface area contributed by atoms with Gasteiger partial charge in [-0.1, -0.05) is 39.3 Å². The Morgan fingerprint density at radius 2 is 1.62 bits per heavy atom. The van der Waals surface area contributed by atoms with Gasteiger partial charge in [0, 0.05) is 0 Å². The van der Waals surface area contributed by atoms with Crippen LogP contribution < -0.4 is 18.9 Å². The summed E-state index contributed by atoms with van der Waals surface area (Å²) in [6, 6.07) is 9.25. The van der Waals surface area contributed by atoms with Crippen LogP contribution in [0.15, 0.2) is 43.0 Å². The van der Waals surface area contributed by atoms with Crippen LogP contribution in [0.4, 0.5) is 0 Å². The predicted octanol–water partition coefficient (Wildman–Crippen LogP) is 7.13. The van der Waals surface area contributed by atoms with E-state index in [1.807, 2.05) is 37.3 Å². The molecule has 0 radical (unpaired) electrons. The van der Waals surface area contributed by atoms with E-state index in [-0.39, 0.29) is 11.9 Å². The predicted molar refractivity (Wildman–Crippen MR) is 147 cm³/mol. The Kier molecular flexibility index (Phi) is 10.2. The van der Waals surface area contributed by atoms with E-state index in [9.17, 15) is 5.11 Å². The maximum Gasteiger partial charge on any atom is 0.203 e. The molecule has 1 fully saturated rings. The standard InChI is InChI=1S/C31H44O6/c1-9-10-22-16-28(34-7)31(29(17-22)35-8)36-21(5)30(23-12-14-25(32)27(18-23)33-6)37-26-15-20(4)11-13-24(26)19(2)3/h9,12,14,16-21,24,26,30,32H,1,10-11,13,15H2,2-8H3. The first-order valence-corrected chi connectivity index (χ1v) is 13.3. The lowest BCUT2D eigenvalue weighted by atomic mass is 9.75. The zero-order chi connectivity index (χ0) is 27.1. The molecule has 0 aromatic heterocycles. The number of allylic oxidation sites excluding steroid dienone is 1. The van der Waals surface area contributed by atoms with Gasteiger partial charge in [0.25, 0.3) is 0 Å². The number of rotatable bonds is 12. The van der Waals surface area contributed by atoms with Gasteiger partial charge in [-0.25, -0.2) is 0 Å². The van der Waals surface area contributed by atoms with Crippen molar-refractivity contribution in [1.82, 2.24) is 0 Å². The average Bonchev–Trinajstić information content (AvgIpc) is 2.88. The highest BCUT2D eigenvalue weighted by Gasteiger charge is 2.36. The van der Waals surface area contributed by atoms with Gasteiger partial charge >= 0.3 is 0 Å². The Hall–Kier alpha value is -2.86. The number of aromatic hydroxyl groups is 1. The first kappa shape index (κ1) is 28.7. The van der Waals surface area contributed by atoms with Crippen molar-refractivity contribution >= 4 is 0 Å². The summed E-state index contributed by atoms with van der Waals surface area (Å²) < 4.78 is 30.3. The number of ether oxygens (including phenoxy) is 5. The highest BCUT2D eigenvalue weighted by Crippen LogP contribution is 2.43. The maximum atomic E-state index is 10.2. The lowest BCUT2D eigenvalue weighted by Gasteiger charge is -2.40. The first-order chi connectivity index (χ1) is 17.7. The number of phenols is 1. The SMILES string of the molecule is C=CCc1cc(OC)c(OC(C)C(OC2CC(C)CCC2C(C)C)c2ccc(O)c(OC)c2)c(OC)c1. The fraction of sp³-hybridized carbons (Fsp3) is 0.548. The molecule has 1 N–H and O–H groups in total. The summed E-state index contributed by atoms with van der Waals surface area (Å²) >= 11 is 0. The average molecular weight is 513 g/mol. The third kappa shape index (κ3) is 6.92. The number of methoxy groups -OCH3 is 3. The minimum Gasteiger partial charge on any atom is -0.504 e. The van der Waals surface area contributed by atoms with Crippen molar-refractivity contribution in [3.05, 3.63) is 54.1 Å². The molecule has 2 aromatic rings. The monoisotopic (exact) mass is 512 g/mol. The minimum absolute atomic E-state index is 0.0889.